The first-order valence-corrected chi connectivity index (χ1v) is 6.84. The SMILES string of the molecule is CCNC(=O)Nc1cncc(-c2cccc3[nH]ccc23)c1. The number of carbonyl (C=O) groups is 1. The number of amides is 2. The van der Waals surface area contributed by atoms with Crippen molar-refractivity contribution in [2.45, 2.75) is 6.92 Å². The van der Waals surface area contributed by atoms with Crippen molar-refractivity contribution in [1.82, 2.24) is 15.3 Å². The highest BCUT2D eigenvalue weighted by molar-refractivity contribution is 5.96. The van der Waals surface area contributed by atoms with Crippen molar-refractivity contribution in [3.63, 3.8) is 0 Å². The molecule has 5 heteroatoms. The van der Waals surface area contributed by atoms with Gasteiger partial charge in [0.1, 0.15) is 0 Å². The Kier molecular flexibility index (Phi) is 3.55. The van der Waals surface area contributed by atoms with Crippen molar-refractivity contribution in [2.75, 3.05) is 11.9 Å². The monoisotopic (exact) mass is 280 g/mol. The second-order valence-corrected chi connectivity index (χ2v) is 4.69. The van der Waals surface area contributed by atoms with E-state index in [1.54, 1.807) is 12.4 Å². The van der Waals surface area contributed by atoms with Crippen molar-refractivity contribution in [3.8, 4) is 11.1 Å². The lowest BCUT2D eigenvalue weighted by molar-refractivity contribution is 0.252. The Hall–Kier alpha value is -2.82. The van der Waals surface area contributed by atoms with Gasteiger partial charge in [0.15, 0.2) is 0 Å². The number of nitrogens with zero attached hydrogens (tertiary/aromatic N) is 1. The topological polar surface area (TPSA) is 69.8 Å². The number of rotatable bonds is 3. The first kappa shape index (κ1) is 13.2. The molecule has 2 heterocycles. The fraction of sp³-hybridized carbons (Fsp3) is 0.125. The number of carbonyl (C=O) groups excluding carboxylic acids is 1. The summed E-state index contributed by atoms with van der Waals surface area (Å²) in [6.45, 7) is 2.46. The molecule has 0 radical (unpaired) electrons. The minimum atomic E-state index is -0.226. The summed E-state index contributed by atoms with van der Waals surface area (Å²) in [6, 6.07) is 9.80. The molecule has 3 aromatic rings. The fourth-order valence-electron chi connectivity index (χ4n) is 2.33. The maximum atomic E-state index is 11.6. The van der Waals surface area contributed by atoms with Crippen molar-refractivity contribution in [3.05, 3.63) is 48.9 Å². The van der Waals surface area contributed by atoms with E-state index in [2.05, 4.69) is 20.6 Å². The molecule has 0 aliphatic carbocycles. The van der Waals surface area contributed by atoms with Crippen LogP contribution in [-0.2, 0) is 0 Å². The largest absolute Gasteiger partial charge is 0.361 e. The van der Waals surface area contributed by atoms with E-state index >= 15 is 0 Å². The fourth-order valence-corrected chi connectivity index (χ4v) is 2.33. The molecule has 3 N–H and O–H groups in total. The van der Waals surface area contributed by atoms with E-state index < -0.39 is 0 Å². The standard InChI is InChI=1S/C16H16N4O/c1-2-18-16(21)20-12-8-11(9-17-10-12)13-4-3-5-15-14(13)6-7-19-15/h3-10,19H,2H2,1H3,(H2,18,20,21). The summed E-state index contributed by atoms with van der Waals surface area (Å²) in [5, 5.41) is 6.60. The van der Waals surface area contributed by atoms with E-state index in [1.807, 2.05) is 43.5 Å². The van der Waals surface area contributed by atoms with Gasteiger partial charge in [-0.3, -0.25) is 4.98 Å². The Bertz CT molecular complexity index is 779. The number of nitrogens with one attached hydrogen (secondary N) is 3. The molecule has 5 nitrogen and oxygen atoms in total. The molecule has 0 atom stereocenters. The molecule has 21 heavy (non-hydrogen) atoms. The van der Waals surface area contributed by atoms with Crippen molar-refractivity contribution >= 4 is 22.6 Å². The van der Waals surface area contributed by atoms with Crippen molar-refractivity contribution in [1.29, 1.82) is 0 Å². The van der Waals surface area contributed by atoms with Crippen LogP contribution in [0.4, 0.5) is 10.5 Å². The number of aromatic nitrogens is 2. The van der Waals surface area contributed by atoms with Gasteiger partial charge in [-0.05, 0) is 30.7 Å². The maximum absolute atomic E-state index is 11.6. The Morgan fingerprint density at radius 1 is 1.29 bits per heavy atom. The summed E-state index contributed by atoms with van der Waals surface area (Å²) in [6.07, 6.45) is 5.35. The molecule has 0 unspecified atom stereocenters. The lowest BCUT2D eigenvalue weighted by atomic mass is 10.0. The molecule has 0 bridgehead atoms. The lowest BCUT2D eigenvalue weighted by Crippen LogP contribution is -2.28. The number of anilines is 1. The van der Waals surface area contributed by atoms with Gasteiger partial charge in [0.2, 0.25) is 0 Å². The van der Waals surface area contributed by atoms with Gasteiger partial charge in [0.05, 0.1) is 11.9 Å². The van der Waals surface area contributed by atoms with Gasteiger partial charge < -0.3 is 15.6 Å². The predicted octanol–water partition coefficient (Wildman–Crippen LogP) is 3.37. The average molecular weight is 280 g/mol. The summed E-state index contributed by atoms with van der Waals surface area (Å²) in [7, 11) is 0. The Morgan fingerprint density at radius 2 is 2.19 bits per heavy atom. The van der Waals surface area contributed by atoms with Gasteiger partial charge in [-0.25, -0.2) is 4.79 Å². The van der Waals surface area contributed by atoms with Gasteiger partial charge in [0, 0.05) is 35.4 Å². The highest BCUT2D eigenvalue weighted by atomic mass is 16.2. The van der Waals surface area contributed by atoms with Crippen LogP contribution in [0.5, 0.6) is 0 Å². The Morgan fingerprint density at radius 3 is 3.05 bits per heavy atom. The van der Waals surface area contributed by atoms with Crippen LogP contribution in [0.3, 0.4) is 0 Å². The second kappa shape index (κ2) is 5.66. The zero-order valence-corrected chi connectivity index (χ0v) is 11.7. The quantitative estimate of drug-likeness (QED) is 0.688. The summed E-state index contributed by atoms with van der Waals surface area (Å²) < 4.78 is 0. The molecule has 2 amide bonds. The zero-order valence-electron chi connectivity index (χ0n) is 11.7. The van der Waals surface area contributed by atoms with E-state index in [9.17, 15) is 4.79 Å². The first-order chi connectivity index (χ1) is 10.3. The number of hydrogen-bond donors (Lipinski definition) is 3. The lowest BCUT2D eigenvalue weighted by Gasteiger charge is -2.08. The predicted molar refractivity (Wildman–Crippen MR) is 84.2 cm³/mol. The van der Waals surface area contributed by atoms with Gasteiger partial charge in [-0.2, -0.15) is 0 Å². The maximum Gasteiger partial charge on any atom is 0.319 e. The van der Waals surface area contributed by atoms with Crippen LogP contribution in [0, 0.1) is 0 Å². The molecule has 0 aliphatic heterocycles. The molecule has 0 fully saturated rings. The number of urea groups is 1. The molecule has 0 saturated carbocycles. The van der Waals surface area contributed by atoms with Gasteiger partial charge in [-0.1, -0.05) is 12.1 Å². The third kappa shape index (κ3) is 2.72. The molecule has 0 spiro atoms. The van der Waals surface area contributed by atoms with Crippen LogP contribution in [0.2, 0.25) is 0 Å². The van der Waals surface area contributed by atoms with Crippen LogP contribution in [0.25, 0.3) is 22.0 Å². The molecule has 0 aliphatic rings. The van der Waals surface area contributed by atoms with E-state index in [1.165, 1.54) is 0 Å². The minimum Gasteiger partial charge on any atom is -0.361 e. The number of aromatic amines is 1. The van der Waals surface area contributed by atoms with Gasteiger partial charge in [0.25, 0.3) is 0 Å². The Balaban J connectivity index is 1.96. The zero-order chi connectivity index (χ0) is 14.7. The van der Waals surface area contributed by atoms with Crippen LogP contribution >= 0.6 is 0 Å². The van der Waals surface area contributed by atoms with Crippen molar-refractivity contribution < 1.29 is 4.79 Å². The van der Waals surface area contributed by atoms with E-state index in [0.717, 1.165) is 22.0 Å². The van der Waals surface area contributed by atoms with E-state index in [-0.39, 0.29) is 6.03 Å². The third-order valence-corrected chi connectivity index (χ3v) is 3.24. The summed E-state index contributed by atoms with van der Waals surface area (Å²) >= 11 is 0. The second-order valence-electron chi connectivity index (χ2n) is 4.69. The van der Waals surface area contributed by atoms with E-state index in [0.29, 0.717) is 12.2 Å². The highest BCUT2D eigenvalue weighted by Crippen LogP contribution is 2.28. The number of fused-ring (bicyclic) bond motifs is 1. The van der Waals surface area contributed by atoms with Crippen LogP contribution < -0.4 is 10.6 Å². The van der Waals surface area contributed by atoms with E-state index in [4.69, 9.17) is 0 Å². The summed E-state index contributed by atoms with van der Waals surface area (Å²) in [5.41, 5.74) is 3.80. The average Bonchev–Trinajstić information content (AvgIpc) is 2.96. The highest BCUT2D eigenvalue weighted by Gasteiger charge is 2.07. The normalized spacial score (nSPS) is 10.5. The van der Waals surface area contributed by atoms with Crippen LogP contribution in [-0.4, -0.2) is 22.5 Å². The molecule has 2 aromatic heterocycles. The number of hydrogen-bond acceptors (Lipinski definition) is 2. The number of benzene rings is 1. The third-order valence-electron chi connectivity index (χ3n) is 3.24. The molecular formula is C16H16N4O. The van der Waals surface area contributed by atoms with Gasteiger partial charge >= 0.3 is 6.03 Å². The van der Waals surface area contributed by atoms with Gasteiger partial charge in [-0.15, -0.1) is 0 Å². The number of pyridine rings is 1. The Labute approximate surface area is 122 Å². The van der Waals surface area contributed by atoms with Crippen molar-refractivity contribution in [2.24, 2.45) is 0 Å². The van der Waals surface area contributed by atoms with Crippen LogP contribution in [0.15, 0.2) is 48.9 Å². The van der Waals surface area contributed by atoms with Crippen LogP contribution in [0.1, 0.15) is 6.92 Å². The summed E-state index contributed by atoms with van der Waals surface area (Å²) in [4.78, 5) is 19.0. The minimum absolute atomic E-state index is 0.226. The molecule has 1 aromatic carbocycles. The molecule has 106 valence electrons. The molecule has 3 rings (SSSR count). The smallest absolute Gasteiger partial charge is 0.319 e. The number of H-pyrrole nitrogens is 1. The molecular weight excluding hydrogens is 264 g/mol. The first-order valence-electron chi connectivity index (χ1n) is 6.84. The summed E-state index contributed by atoms with van der Waals surface area (Å²) in [5.74, 6) is 0. The molecule has 0 saturated heterocycles.